The molecule has 0 aromatic carbocycles. The smallest absolute Gasteiger partial charge is 0.310 e. The van der Waals surface area contributed by atoms with Crippen molar-refractivity contribution in [3.05, 3.63) is 0 Å². The van der Waals surface area contributed by atoms with Crippen molar-refractivity contribution in [2.45, 2.75) is 39.5 Å². The molecular weight excluding hydrogens is 280 g/mol. The van der Waals surface area contributed by atoms with Crippen molar-refractivity contribution in [2.24, 2.45) is 11.3 Å². The highest BCUT2D eigenvalue weighted by Gasteiger charge is 2.43. The van der Waals surface area contributed by atoms with Gasteiger partial charge in [0.15, 0.2) is 0 Å². The molecule has 0 aliphatic carbocycles. The van der Waals surface area contributed by atoms with E-state index in [1.165, 1.54) is 8.61 Å². The molecule has 0 radical (unpaired) electrons. The zero-order chi connectivity index (χ0) is 15.0. The molecule has 0 bridgehead atoms. The highest BCUT2D eigenvalue weighted by atomic mass is 32.2. The highest BCUT2D eigenvalue weighted by molar-refractivity contribution is 7.86. The first-order valence-corrected chi connectivity index (χ1v) is 8.64. The predicted octanol–water partition coefficient (Wildman–Crippen LogP) is 1.15. The quantitative estimate of drug-likeness (QED) is 0.848. The summed E-state index contributed by atoms with van der Waals surface area (Å²) in [6.45, 7) is 5.29. The molecule has 2 fully saturated rings. The highest BCUT2D eigenvalue weighted by Crippen LogP contribution is 2.32. The van der Waals surface area contributed by atoms with Gasteiger partial charge in [-0.3, -0.25) is 4.79 Å². The maximum Gasteiger partial charge on any atom is 0.310 e. The van der Waals surface area contributed by atoms with E-state index in [0.29, 0.717) is 38.4 Å². The van der Waals surface area contributed by atoms with E-state index >= 15 is 0 Å². The molecular formula is C13H24N2O4S. The topological polar surface area (TPSA) is 77.9 Å². The molecule has 116 valence electrons. The lowest BCUT2D eigenvalue weighted by Gasteiger charge is -2.40. The average molecular weight is 304 g/mol. The van der Waals surface area contributed by atoms with Crippen molar-refractivity contribution in [3.8, 4) is 0 Å². The molecule has 2 rings (SSSR count). The Morgan fingerprint density at radius 1 is 1.25 bits per heavy atom. The molecule has 2 heterocycles. The van der Waals surface area contributed by atoms with Crippen molar-refractivity contribution in [3.63, 3.8) is 0 Å². The van der Waals surface area contributed by atoms with Gasteiger partial charge >= 0.3 is 5.97 Å². The number of nitrogens with zero attached hydrogens (tertiary/aromatic N) is 2. The van der Waals surface area contributed by atoms with E-state index in [1.54, 1.807) is 6.92 Å². The van der Waals surface area contributed by atoms with E-state index < -0.39 is 21.6 Å². The van der Waals surface area contributed by atoms with Gasteiger partial charge < -0.3 is 5.11 Å². The van der Waals surface area contributed by atoms with Gasteiger partial charge in [-0.15, -0.1) is 0 Å². The normalized spacial score (nSPS) is 34.0. The summed E-state index contributed by atoms with van der Waals surface area (Å²) < 4.78 is 28.2. The monoisotopic (exact) mass is 304 g/mol. The molecule has 7 heteroatoms. The van der Waals surface area contributed by atoms with Gasteiger partial charge in [-0.25, -0.2) is 0 Å². The standard InChI is InChI=1S/C13H24N2O4S/c1-11-5-3-7-14(9-11)20(18,19)15-8-4-6-13(2,10-15)12(16)17/h11H,3-10H2,1-2H3,(H,16,17). The molecule has 2 saturated heterocycles. The van der Waals surface area contributed by atoms with Crippen LogP contribution in [-0.4, -0.2) is 54.3 Å². The molecule has 2 unspecified atom stereocenters. The molecule has 0 spiro atoms. The second-order valence-corrected chi connectivity index (χ2v) is 8.34. The fourth-order valence-electron chi connectivity index (χ4n) is 3.08. The summed E-state index contributed by atoms with van der Waals surface area (Å²) in [5, 5.41) is 9.30. The van der Waals surface area contributed by atoms with Crippen LogP contribution in [0.15, 0.2) is 0 Å². The predicted molar refractivity (Wildman–Crippen MR) is 75.4 cm³/mol. The minimum absolute atomic E-state index is 0.0789. The summed E-state index contributed by atoms with van der Waals surface area (Å²) in [6, 6.07) is 0. The summed E-state index contributed by atoms with van der Waals surface area (Å²) >= 11 is 0. The van der Waals surface area contributed by atoms with E-state index in [-0.39, 0.29) is 6.54 Å². The first-order valence-electron chi connectivity index (χ1n) is 7.24. The molecule has 6 nitrogen and oxygen atoms in total. The summed E-state index contributed by atoms with van der Waals surface area (Å²) in [5.74, 6) is -0.543. The molecule has 0 amide bonds. The van der Waals surface area contributed by atoms with Crippen LogP contribution in [0.3, 0.4) is 0 Å². The second-order valence-electron chi connectivity index (χ2n) is 6.42. The molecule has 0 saturated carbocycles. The van der Waals surface area contributed by atoms with Crippen LogP contribution in [-0.2, 0) is 15.0 Å². The number of carboxylic acid groups (broad SMARTS) is 1. The zero-order valence-corrected chi connectivity index (χ0v) is 13.0. The van der Waals surface area contributed by atoms with E-state index in [2.05, 4.69) is 6.92 Å². The average Bonchev–Trinajstić information content (AvgIpc) is 2.38. The largest absolute Gasteiger partial charge is 0.481 e. The third-order valence-electron chi connectivity index (χ3n) is 4.45. The third-order valence-corrected chi connectivity index (χ3v) is 6.40. The molecule has 2 aliphatic rings. The van der Waals surface area contributed by atoms with Crippen LogP contribution in [0.1, 0.15) is 39.5 Å². The lowest BCUT2D eigenvalue weighted by Crippen LogP contribution is -2.54. The van der Waals surface area contributed by atoms with E-state index in [0.717, 1.165) is 12.8 Å². The Kier molecular flexibility index (Phi) is 4.41. The molecule has 0 aromatic heterocycles. The number of piperidine rings is 2. The number of hydrogen-bond acceptors (Lipinski definition) is 3. The number of carboxylic acids is 1. The van der Waals surface area contributed by atoms with Gasteiger partial charge in [-0.1, -0.05) is 6.92 Å². The first kappa shape index (κ1) is 15.7. The van der Waals surface area contributed by atoms with Crippen molar-refractivity contribution < 1.29 is 18.3 Å². The minimum atomic E-state index is -3.52. The summed E-state index contributed by atoms with van der Waals surface area (Å²) in [4.78, 5) is 11.3. The van der Waals surface area contributed by atoms with Crippen molar-refractivity contribution in [2.75, 3.05) is 26.2 Å². The van der Waals surface area contributed by atoms with Gasteiger partial charge in [0.25, 0.3) is 10.2 Å². The Labute approximate surface area is 120 Å². The van der Waals surface area contributed by atoms with Gasteiger partial charge in [0.2, 0.25) is 0 Å². The van der Waals surface area contributed by atoms with Gasteiger partial charge in [-0.05, 0) is 38.5 Å². The lowest BCUT2D eigenvalue weighted by atomic mass is 9.83. The maximum atomic E-state index is 12.7. The summed E-state index contributed by atoms with van der Waals surface area (Å²) in [7, 11) is -3.52. The number of rotatable bonds is 3. The Morgan fingerprint density at radius 2 is 1.90 bits per heavy atom. The number of aliphatic carboxylic acids is 1. The number of hydrogen-bond donors (Lipinski definition) is 1. The van der Waals surface area contributed by atoms with Crippen molar-refractivity contribution in [1.82, 2.24) is 8.61 Å². The molecule has 2 atom stereocenters. The first-order chi connectivity index (χ1) is 9.25. The second kappa shape index (κ2) is 5.61. The Bertz CT molecular complexity index is 479. The third kappa shape index (κ3) is 2.99. The van der Waals surface area contributed by atoms with Crippen LogP contribution in [0.2, 0.25) is 0 Å². The lowest BCUT2D eigenvalue weighted by molar-refractivity contribution is -0.150. The van der Waals surface area contributed by atoms with Gasteiger partial charge in [-0.2, -0.15) is 17.0 Å². The van der Waals surface area contributed by atoms with E-state index in [1.807, 2.05) is 0 Å². The Hall–Kier alpha value is -0.660. The SMILES string of the molecule is CC1CCCN(S(=O)(=O)N2CCCC(C)(C(=O)O)C2)C1. The summed E-state index contributed by atoms with van der Waals surface area (Å²) in [5.41, 5.74) is -0.966. The van der Waals surface area contributed by atoms with Crippen LogP contribution in [0.25, 0.3) is 0 Å². The van der Waals surface area contributed by atoms with Gasteiger partial charge in [0.05, 0.1) is 5.41 Å². The molecule has 20 heavy (non-hydrogen) atoms. The minimum Gasteiger partial charge on any atom is -0.481 e. The van der Waals surface area contributed by atoms with Gasteiger partial charge in [0, 0.05) is 26.2 Å². The van der Waals surface area contributed by atoms with Crippen molar-refractivity contribution >= 4 is 16.2 Å². The maximum absolute atomic E-state index is 12.7. The van der Waals surface area contributed by atoms with Crippen molar-refractivity contribution in [1.29, 1.82) is 0 Å². The molecule has 0 aromatic rings. The van der Waals surface area contributed by atoms with Crippen LogP contribution in [0, 0.1) is 11.3 Å². The van der Waals surface area contributed by atoms with E-state index in [4.69, 9.17) is 0 Å². The Balaban J connectivity index is 2.15. The molecule has 1 N–H and O–H groups in total. The zero-order valence-electron chi connectivity index (χ0n) is 12.2. The van der Waals surface area contributed by atoms with Crippen LogP contribution in [0.4, 0.5) is 0 Å². The van der Waals surface area contributed by atoms with Crippen LogP contribution in [0.5, 0.6) is 0 Å². The summed E-state index contributed by atoms with van der Waals surface area (Å²) in [6.07, 6.45) is 3.07. The van der Waals surface area contributed by atoms with Crippen LogP contribution < -0.4 is 0 Å². The fourth-order valence-corrected chi connectivity index (χ4v) is 5.02. The fraction of sp³-hybridized carbons (Fsp3) is 0.923. The van der Waals surface area contributed by atoms with Crippen LogP contribution >= 0.6 is 0 Å². The van der Waals surface area contributed by atoms with Gasteiger partial charge in [0.1, 0.15) is 0 Å². The van der Waals surface area contributed by atoms with E-state index in [9.17, 15) is 18.3 Å². The molecule has 2 aliphatic heterocycles. The Morgan fingerprint density at radius 3 is 2.50 bits per heavy atom. The number of carbonyl (C=O) groups is 1.